The number of piperidine rings is 1. The lowest BCUT2D eigenvalue weighted by Crippen LogP contribution is -2.40. The minimum Gasteiger partial charge on any atom is -0.220 e. The lowest BCUT2D eigenvalue weighted by Gasteiger charge is -2.46. The Balaban J connectivity index is 1.90. The van der Waals surface area contributed by atoms with Gasteiger partial charge in [0.1, 0.15) is 0 Å². The van der Waals surface area contributed by atoms with Crippen molar-refractivity contribution in [2.24, 2.45) is 5.41 Å². The molecule has 0 N–H and O–H groups in total. The number of nitrogens with zero attached hydrogens (tertiary/aromatic N) is 1. The summed E-state index contributed by atoms with van der Waals surface area (Å²) in [4.78, 5) is 0. The van der Waals surface area contributed by atoms with Crippen molar-refractivity contribution in [3.05, 3.63) is 0 Å². The van der Waals surface area contributed by atoms with Gasteiger partial charge in [-0.05, 0) is 42.9 Å². The van der Waals surface area contributed by atoms with E-state index in [4.69, 9.17) is 11.8 Å². The molecule has 1 aliphatic carbocycles. The Morgan fingerprint density at radius 3 is 2.00 bits per heavy atom. The van der Waals surface area contributed by atoms with Crippen molar-refractivity contribution in [3.8, 4) is 0 Å². The molecule has 0 aromatic rings. The molecule has 0 aromatic heterocycles. The van der Waals surface area contributed by atoms with Gasteiger partial charge in [0.05, 0.1) is 0 Å². The van der Waals surface area contributed by atoms with Crippen LogP contribution in [0.4, 0.5) is 0 Å². The highest BCUT2D eigenvalue weighted by molar-refractivity contribution is 6.13. The largest absolute Gasteiger partial charge is 0.220 e. The summed E-state index contributed by atoms with van der Waals surface area (Å²) >= 11 is 5.86. The lowest BCUT2D eigenvalue weighted by molar-refractivity contribution is 0.0616. The second-order valence-corrected chi connectivity index (χ2v) is 4.24. The van der Waals surface area contributed by atoms with Crippen molar-refractivity contribution < 1.29 is 0 Å². The first kappa shape index (κ1) is 6.93. The van der Waals surface area contributed by atoms with Gasteiger partial charge in [0.25, 0.3) is 0 Å². The minimum absolute atomic E-state index is 0.755. The molecule has 1 saturated heterocycles. The van der Waals surface area contributed by atoms with Gasteiger partial charge in [-0.1, -0.05) is 6.42 Å². The van der Waals surface area contributed by atoms with Gasteiger partial charge in [-0.15, -0.1) is 0 Å². The molecule has 0 aromatic carbocycles. The van der Waals surface area contributed by atoms with E-state index in [1.54, 1.807) is 0 Å². The molecule has 1 heterocycles. The van der Waals surface area contributed by atoms with Crippen LogP contribution in [0.15, 0.2) is 0 Å². The smallest absolute Gasteiger partial charge is 0.0144 e. The number of halogens is 1. The molecule has 2 fully saturated rings. The standard InChI is InChI=1S/C8H14ClN/c9-10-6-4-8(5-7-10)2-1-3-8/h1-7H2. The highest BCUT2D eigenvalue weighted by Gasteiger charge is 2.38. The van der Waals surface area contributed by atoms with E-state index in [2.05, 4.69) is 0 Å². The Morgan fingerprint density at radius 2 is 1.60 bits per heavy atom. The fraction of sp³-hybridized carbons (Fsp3) is 1.00. The molecule has 0 amide bonds. The molecule has 0 atom stereocenters. The van der Waals surface area contributed by atoms with E-state index in [1.807, 2.05) is 4.42 Å². The Kier molecular flexibility index (Phi) is 1.65. The topological polar surface area (TPSA) is 3.24 Å². The van der Waals surface area contributed by atoms with Crippen LogP contribution in [0, 0.1) is 5.41 Å². The Labute approximate surface area is 67.5 Å². The van der Waals surface area contributed by atoms with E-state index < -0.39 is 0 Å². The third kappa shape index (κ3) is 1.06. The van der Waals surface area contributed by atoms with Gasteiger partial charge in [-0.25, -0.2) is 4.42 Å². The first-order chi connectivity index (χ1) is 4.81. The molecule has 1 saturated carbocycles. The number of hydrogen-bond acceptors (Lipinski definition) is 1. The molecule has 10 heavy (non-hydrogen) atoms. The van der Waals surface area contributed by atoms with Crippen LogP contribution in [0.25, 0.3) is 0 Å². The van der Waals surface area contributed by atoms with Crippen molar-refractivity contribution in [2.75, 3.05) is 13.1 Å². The molecule has 2 aliphatic rings. The summed E-state index contributed by atoms with van der Waals surface area (Å²) in [6, 6.07) is 0. The first-order valence-electron chi connectivity index (χ1n) is 4.22. The average Bonchev–Trinajstić information content (AvgIpc) is 1.86. The van der Waals surface area contributed by atoms with Crippen LogP contribution >= 0.6 is 11.8 Å². The average molecular weight is 160 g/mol. The highest BCUT2D eigenvalue weighted by Crippen LogP contribution is 2.48. The first-order valence-corrected chi connectivity index (χ1v) is 4.55. The maximum atomic E-state index is 5.86. The van der Waals surface area contributed by atoms with Crippen LogP contribution < -0.4 is 0 Å². The summed E-state index contributed by atoms with van der Waals surface area (Å²) in [5.74, 6) is 0. The Hall–Kier alpha value is 0.250. The van der Waals surface area contributed by atoms with Crippen molar-refractivity contribution in [2.45, 2.75) is 32.1 Å². The third-order valence-corrected chi connectivity index (χ3v) is 3.52. The molecule has 1 spiro atoms. The predicted octanol–water partition coefficient (Wildman–Crippen LogP) is 2.41. The van der Waals surface area contributed by atoms with Gasteiger partial charge >= 0.3 is 0 Å². The van der Waals surface area contributed by atoms with Crippen LogP contribution in [0.3, 0.4) is 0 Å². The SMILES string of the molecule is ClN1CCC2(CCC2)CC1. The molecule has 2 heteroatoms. The van der Waals surface area contributed by atoms with Crippen molar-refractivity contribution >= 4 is 11.8 Å². The van der Waals surface area contributed by atoms with Crippen LogP contribution in [0.5, 0.6) is 0 Å². The van der Waals surface area contributed by atoms with E-state index in [0.717, 1.165) is 18.5 Å². The van der Waals surface area contributed by atoms with E-state index >= 15 is 0 Å². The van der Waals surface area contributed by atoms with Gasteiger partial charge in [0, 0.05) is 13.1 Å². The highest BCUT2D eigenvalue weighted by atomic mass is 35.5. The Bertz CT molecular complexity index is 121. The van der Waals surface area contributed by atoms with Gasteiger partial charge in [-0.3, -0.25) is 0 Å². The zero-order chi connectivity index (χ0) is 7.03. The van der Waals surface area contributed by atoms with Gasteiger partial charge in [-0.2, -0.15) is 0 Å². The quantitative estimate of drug-likeness (QED) is 0.491. The van der Waals surface area contributed by atoms with Crippen molar-refractivity contribution in [1.82, 2.24) is 4.42 Å². The normalized spacial score (nSPS) is 32.1. The molecule has 1 aliphatic heterocycles. The van der Waals surface area contributed by atoms with Crippen LogP contribution in [0.2, 0.25) is 0 Å². The maximum absolute atomic E-state index is 5.86. The van der Waals surface area contributed by atoms with Crippen molar-refractivity contribution in [1.29, 1.82) is 0 Å². The predicted molar refractivity (Wildman–Crippen MR) is 42.9 cm³/mol. The molecule has 2 rings (SSSR count). The zero-order valence-corrected chi connectivity index (χ0v) is 7.03. The van der Waals surface area contributed by atoms with Gasteiger partial charge in [0.2, 0.25) is 0 Å². The monoisotopic (exact) mass is 159 g/mol. The minimum atomic E-state index is 0.755. The molecular weight excluding hydrogens is 146 g/mol. The summed E-state index contributed by atoms with van der Waals surface area (Å²) in [6.07, 6.45) is 7.09. The summed E-state index contributed by atoms with van der Waals surface area (Å²) in [7, 11) is 0. The number of hydrogen-bond donors (Lipinski definition) is 0. The van der Waals surface area contributed by atoms with Gasteiger partial charge in [0.15, 0.2) is 0 Å². The summed E-state index contributed by atoms with van der Waals surface area (Å²) in [6.45, 7) is 2.23. The number of rotatable bonds is 0. The van der Waals surface area contributed by atoms with Crippen LogP contribution in [-0.4, -0.2) is 17.5 Å². The fourth-order valence-electron chi connectivity index (χ4n) is 2.13. The van der Waals surface area contributed by atoms with E-state index in [9.17, 15) is 0 Å². The van der Waals surface area contributed by atoms with Crippen molar-refractivity contribution in [3.63, 3.8) is 0 Å². The van der Waals surface area contributed by atoms with E-state index in [0.29, 0.717) is 0 Å². The second kappa shape index (κ2) is 2.38. The molecule has 0 bridgehead atoms. The maximum Gasteiger partial charge on any atom is 0.0144 e. The molecule has 0 unspecified atom stereocenters. The third-order valence-electron chi connectivity index (χ3n) is 3.18. The molecule has 0 radical (unpaired) electrons. The second-order valence-electron chi connectivity index (χ2n) is 3.76. The van der Waals surface area contributed by atoms with E-state index in [1.165, 1.54) is 32.1 Å². The van der Waals surface area contributed by atoms with Gasteiger partial charge < -0.3 is 0 Å². The summed E-state index contributed by atoms with van der Waals surface area (Å²) in [5, 5.41) is 0. The Morgan fingerprint density at radius 1 is 1.00 bits per heavy atom. The molecule has 58 valence electrons. The van der Waals surface area contributed by atoms with Crippen LogP contribution in [0.1, 0.15) is 32.1 Å². The van der Waals surface area contributed by atoms with E-state index in [-0.39, 0.29) is 0 Å². The zero-order valence-electron chi connectivity index (χ0n) is 6.27. The summed E-state index contributed by atoms with van der Waals surface area (Å²) < 4.78 is 1.93. The lowest BCUT2D eigenvalue weighted by atomic mass is 9.63. The fourth-order valence-corrected chi connectivity index (χ4v) is 2.30. The molecular formula is C8H14ClN. The molecule has 1 nitrogen and oxygen atoms in total. The summed E-state index contributed by atoms with van der Waals surface area (Å²) in [5.41, 5.74) is 0.755. The van der Waals surface area contributed by atoms with Crippen LogP contribution in [-0.2, 0) is 0 Å².